The minimum Gasteiger partial charge on any atom is -0.402 e. The third kappa shape index (κ3) is 3.92. The maximum absolute atomic E-state index is 13.4. The Balaban J connectivity index is 1.78. The first-order chi connectivity index (χ1) is 13.6. The van der Waals surface area contributed by atoms with E-state index < -0.39 is 35.4 Å². The third-order valence-electron chi connectivity index (χ3n) is 5.24. The van der Waals surface area contributed by atoms with Crippen molar-refractivity contribution in [1.82, 2.24) is 9.80 Å². The molecule has 0 aliphatic carbocycles. The van der Waals surface area contributed by atoms with E-state index in [1.165, 1.54) is 4.90 Å². The molecule has 0 spiro atoms. The van der Waals surface area contributed by atoms with Gasteiger partial charge >= 0.3 is 6.03 Å². The van der Waals surface area contributed by atoms with Gasteiger partial charge in [0, 0.05) is 48.4 Å². The number of halogens is 3. The maximum Gasteiger partial charge on any atom is 0.322 e. The van der Waals surface area contributed by atoms with E-state index in [9.17, 15) is 27.6 Å². The van der Waals surface area contributed by atoms with E-state index >= 15 is 0 Å². The number of amides is 4. The van der Waals surface area contributed by atoms with Crippen LogP contribution in [0.2, 0.25) is 0 Å². The molecule has 2 heterocycles. The minimum absolute atomic E-state index is 0.136. The second-order valence-corrected chi connectivity index (χ2v) is 7.35. The molecule has 0 radical (unpaired) electrons. The largest absolute Gasteiger partial charge is 0.402 e. The number of nitrogens with one attached hydrogen (secondary N) is 1. The molecule has 1 unspecified atom stereocenters. The number of nitrogens with two attached hydrogens (primary N) is 1. The van der Waals surface area contributed by atoms with E-state index in [2.05, 4.69) is 5.32 Å². The minimum atomic E-state index is -1.64. The van der Waals surface area contributed by atoms with Gasteiger partial charge in [0.2, 0.25) is 5.91 Å². The number of likely N-dealkylation sites (tertiary alicyclic amines) is 1. The van der Waals surface area contributed by atoms with Crippen LogP contribution >= 0.6 is 0 Å². The standard InChI is InChI=1S/C19H21F3N4O3/c1-9-3-4-25(17(9)27)18(28)12-8-26(10(2)5-15(12)23)19(29)24-11-6-13(20)16(22)14(21)7-11/h6-7,9-10H,3-5,8,23H2,1-2H3,(H,24,29)/t9?,10-/m0/s1. The van der Waals surface area contributed by atoms with E-state index in [-0.39, 0.29) is 48.3 Å². The summed E-state index contributed by atoms with van der Waals surface area (Å²) in [5, 5.41) is 2.30. The quantitative estimate of drug-likeness (QED) is 0.578. The molecule has 156 valence electrons. The van der Waals surface area contributed by atoms with Gasteiger partial charge in [0.25, 0.3) is 5.91 Å². The number of hydrogen-bond donors (Lipinski definition) is 2. The summed E-state index contributed by atoms with van der Waals surface area (Å²) in [4.78, 5) is 40.0. The summed E-state index contributed by atoms with van der Waals surface area (Å²) < 4.78 is 39.9. The second kappa shape index (κ2) is 7.76. The number of imide groups is 1. The van der Waals surface area contributed by atoms with E-state index in [1.807, 2.05) is 0 Å². The van der Waals surface area contributed by atoms with Crippen molar-refractivity contribution < 1.29 is 27.6 Å². The molecule has 0 aromatic heterocycles. The highest BCUT2D eigenvalue weighted by molar-refractivity contribution is 6.07. The highest BCUT2D eigenvalue weighted by atomic mass is 19.2. The Hall–Kier alpha value is -3.04. The van der Waals surface area contributed by atoms with Gasteiger partial charge in [-0.05, 0) is 13.3 Å². The topological polar surface area (TPSA) is 95.7 Å². The zero-order chi connectivity index (χ0) is 21.5. The summed E-state index contributed by atoms with van der Waals surface area (Å²) >= 11 is 0. The Morgan fingerprint density at radius 1 is 1.17 bits per heavy atom. The Morgan fingerprint density at radius 2 is 1.79 bits per heavy atom. The number of rotatable bonds is 2. The molecule has 10 heteroatoms. The number of hydrogen-bond acceptors (Lipinski definition) is 4. The van der Waals surface area contributed by atoms with Gasteiger partial charge in [0.15, 0.2) is 17.5 Å². The molecule has 7 nitrogen and oxygen atoms in total. The van der Waals surface area contributed by atoms with Crippen LogP contribution in [0.15, 0.2) is 23.4 Å². The summed E-state index contributed by atoms with van der Waals surface area (Å²) in [5.74, 6) is -5.60. The molecule has 1 aromatic rings. The lowest BCUT2D eigenvalue weighted by atomic mass is 9.99. The van der Waals surface area contributed by atoms with Gasteiger partial charge < -0.3 is 16.0 Å². The number of benzene rings is 1. The summed E-state index contributed by atoms with van der Waals surface area (Å²) in [6.07, 6.45) is 0.748. The molecule has 1 fully saturated rings. The van der Waals surface area contributed by atoms with Crippen LogP contribution in [0.1, 0.15) is 26.7 Å². The van der Waals surface area contributed by atoms with Crippen LogP contribution in [-0.4, -0.2) is 46.8 Å². The van der Waals surface area contributed by atoms with Crippen molar-refractivity contribution in [2.24, 2.45) is 11.7 Å². The van der Waals surface area contributed by atoms with Gasteiger partial charge in [0.05, 0.1) is 12.1 Å². The smallest absolute Gasteiger partial charge is 0.322 e. The first kappa shape index (κ1) is 20.7. The molecule has 2 aliphatic rings. The predicted octanol–water partition coefficient (Wildman–Crippen LogP) is 2.34. The van der Waals surface area contributed by atoms with Crippen molar-refractivity contribution in [2.45, 2.75) is 32.7 Å². The fourth-order valence-electron chi connectivity index (χ4n) is 3.47. The summed E-state index contributed by atoms with van der Waals surface area (Å²) in [7, 11) is 0. The molecular formula is C19H21F3N4O3. The van der Waals surface area contributed by atoms with Crippen LogP contribution in [0, 0.1) is 23.4 Å². The van der Waals surface area contributed by atoms with E-state index in [0.717, 1.165) is 4.90 Å². The van der Waals surface area contributed by atoms with E-state index in [0.29, 0.717) is 18.6 Å². The van der Waals surface area contributed by atoms with Crippen LogP contribution in [0.5, 0.6) is 0 Å². The molecule has 2 aliphatic heterocycles. The van der Waals surface area contributed by atoms with E-state index in [1.54, 1.807) is 13.8 Å². The Morgan fingerprint density at radius 3 is 2.34 bits per heavy atom. The molecular weight excluding hydrogens is 389 g/mol. The average Bonchev–Trinajstić information content (AvgIpc) is 2.98. The lowest BCUT2D eigenvalue weighted by molar-refractivity contribution is -0.141. The lowest BCUT2D eigenvalue weighted by Crippen LogP contribution is -2.49. The van der Waals surface area contributed by atoms with Crippen LogP contribution in [-0.2, 0) is 9.59 Å². The van der Waals surface area contributed by atoms with Crippen molar-refractivity contribution in [2.75, 3.05) is 18.4 Å². The van der Waals surface area contributed by atoms with Gasteiger partial charge in [-0.1, -0.05) is 6.92 Å². The molecule has 0 bridgehead atoms. The van der Waals surface area contributed by atoms with Crippen molar-refractivity contribution in [1.29, 1.82) is 0 Å². The molecule has 3 rings (SSSR count). The zero-order valence-electron chi connectivity index (χ0n) is 16.0. The number of anilines is 1. The molecule has 0 saturated carbocycles. The molecule has 1 saturated heterocycles. The summed E-state index contributed by atoms with van der Waals surface area (Å²) in [6, 6.07) is 0.174. The average molecular weight is 410 g/mol. The van der Waals surface area contributed by atoms with Crippen molar-refractivity contribution in [3.8, 4) is 0 Å². The van der Waals surface area contributed by atoms with E-state index in [4.69, 9.17) is 5.73 Å². The van der Waals surface area contributed by atoms with Crippen molar-refractivity contribution in [3.63, 3.8) is 0 Å². The van der Waals surface area contributed by atoms with Crippen LogP contribution in [0.4, 0.5) is 23.7 Å². The lowest BCUT2D eigenvalue weighted by Gasteiger charge is -2.35. The van der Waals surface area contributed by atoms with Crippen molar-refractivity contribution >= 4 is 23.5 Å². The molecule has 2 atom stereocenters. The molecule has 1 aromatic carbocycles. The van der Waals surface area contributed by atoms with Gasteiger partial charge in [-0.15, -0.1) is 0 Å². The predicted molar refractivity (Wildman–Crippen MR) is 97.8 cm³/mol. The Bertz CT molecular complexity index is 895. The number of nitrogens with zero attached hydrogens (tertiary/aromatic N) is 2. The highest BCUT2D eigenvalue weighted by Gasteiger charge is 2.38. The number of urea groups is 1. The van der Waals surface area contributed by atoms with Crippen molar-refractivity contribution in [3.05, 3.63) is 40.9 Å². The van der Waals surface area contributed by atoms with Gasteiger partial charge in [-0.3, -0.25) is 14.5 Å². The fourth-order valence-corrected chi connectivity index (χ4v) is 3.47. The molecule has 4 amide bonds. The highest BCUT2D eigenvalue weighted by Crippen LogP contribution is 2.26. The molecule has 29 heavy (non-hydrogen) atoms. The van der Waals surface area contributed by atoms with Gasteiger partial charge in [-0.25, -0.2) is 18.0 Å². The Kier molecular flexibility index (Phi) is 5.54. The van der Waals surface area contributed by atoms with Crippen LogP contribution in [0.3, 0.4) is 0 Å². The maximum atomic E-state index is 13.4. The normalized spacial score (nSPS) is 22.3. The number of carbonyl (C=O) groups excluding carboxylic acids is 3. The monoisotopic (exact) mass is 410 g/mol. The number of carbonyl (C=O) groups is 3. The fraction of sp³-hybridized carbons (Fsp3) is 0.421. The first-order valence-corrected chi connectivity index (χ1v) is 9.15. The Labute approximate surface area is 165 Å². The third-order valence-corrected chi connectivity index (χ3v) is 5.24. The summed E-state index contributed by atoms with van der Waals surface area (Å²) in [6.45, 7) is 3.55. The summed E-state index contributed by atoms with van der Waals surface area (Å²) in [5.41, 5.74) is 6.17. The second-order valence-electron chi connectivity index (χ2n) is 7.35. The van der Waals surface area contributed by atoms with Crippen LogP contribution < -0.4 is 11.1 Å². The van der Waals surface area contributed by atoms with Crippen LogP contribution in [0.25, 0.3) is 0 Å². The van der Waals surface area contributed by atoms with Gasteiger partial charge in [-0.2, -0.15) is 0 Å². The zero-order valence-corrected chi connectivity index (χ0v) is 16.0. The molecule has 3 N–H and O–H groups in total. The van der Waals surface area contributed by atoms with Gasteiger partial charge in [0.1, 0.15) is 0 Å². The first-order valence-electron chi connectivity index (χ1n) is 9.15. The SMILES string of the molecule is CC1CCN(C(=O)C2=C(N)C[C@H](C)N(C(=O)Nc3cc(F)c(F)c(F)c3)C2)C1=O.